The molecule has 0 amide bonds. The second-order valence-corrected chi connectivity index (χ2v) is 4.76. The van der Waals surface area contributed by atoms with Gasteiger partial charge in [0.25, 0.3) is 0 Å². The Hall–Kier alpha value is -1.06. The van der Waals surface area contributed by atoms with Gasteiger partial charge in [-0.1, -0.05) is 31.5 Å². The van der Waals surface area contributed by atoms with Gasteiger partial charge < -0.3 is 15.6 Å². The first-order valence-corrected chi connectivity index (χ1v) is 6.35. The highest BCUT2D eigenvalue weighted by Gasteiger charge is 2.42. The van der Waals surface area contributed by atoms with Gasteiger partial charge in [-0.05, 0) is 18.9 Å². The number of ether oxygens (including phenoxy) is 1. The van der Waals surface area contributed by atoms with E-state index in [0.29, 0.717) is 13.2 Å². The lowest BCUT2D eigenvalue weighted by Gasteiger charge is -2.41. The molecule has 0 bridgehead atoms. The molecule has 94 valence electrons. The van der Waals surface area contributed by atoms with Crippen LogP contribution in [0.25, 0.3) is 0 Å². The SMILES string of the molecule is CCCC(O)C1(CN)CCOc2ccccc21. The first-order chi connectivity index (χ1) is 8.24. The highest BCUT2D eigenvalue weighted by atomic mass is 16.5. The summed E-state index contributed by atoms with van der Waals surface area (Å²) in [5, 5.41) is 10.4. The van der Waals surface area contributed by atoms with E-state index in [-0.39, 0.29) is 11.5 Å². The highest BCUT2D eigenvalue weighted by molar-refractivity contribution is 5.42. The van der Waals surface area contributed by atoms with E-state index in [1.54, 1.807) is 0 Å². The molecule has 1 aliphatic heterocycles. The number of fused-ring (bicyclic) bond motifs is 1. The molecule has 0 spiro atoms. The van der Waals surface area contributed by atoms with Gasteiger partial charge in [-0.15, -0.1) is 0 Å². The van der Waals surface area contributed by atoms with E-state index >= 15 is 0 Å². The molecule has 1 heterocycles. The van der Waals surface area contributed by atoms with Crippen LogP contribution in [0, 0.1) is 0 Å². The Morgan fingerprint density at radius 1 is 1.47 bits per heavy atom. The predicted molar refractivity (Wildman–Crippen MR) is 68.2 cm³/mol. The second kappa shape index (κ2) is 5.07. The summed E-state index contributed by atoms with van der Waals surface area (Å²) in [5.74, 6) is 0.874. The number of nitrogens with two attached hydrogens (primary N) is 1. The molecule has 2 rings (SSSR count). The zero-order chi connectivity index (χ0) is 12.3. The maximum absolute atomic E-state index is 10.4. The minimum Gasteiger partial charge on any atom is -0.493 e. The zero-order valence-electron chi connectivity index (χ0n) is 10.4. The van der Waals surface area contributed by atoms with Gasteiger partial charge in [0.15, 0.2) is 0 Å². The topological polar surface area (TPSA) is 55.5 Å². The summed E-state index contributed by atoms with van der Waals surface area (Å²) in [7, 11) is 0. The van der Waals surface area contributed by atoms with Gasteiger partial charge >= 0.3 is 0 Å². The van der Waals surface area contributed by atoms with Crippen LogP contribution < -0.4 is 10.5 Å². The van der Waals surface area contributed by atoms with E-state index in [1.165, 1.54) is 0 Å². The van der Waals surface area contributed by atoms with Crippen LogP contribution in [-0.2, 0) is 5.41 Å². The molecule has 3 heteroatoms. The van der Waals surface area contributed by atoms with Crippen molar-refractivity contribution < 1.29 is 9.84 Å². The van der Waals surface area contributed by atoms with Gasteiger partial charge in [0.2, 0.25) is 0 Å². The highest BCUT2D eigenvalue weighted by Crippen LogP contribution is 2.41. The molecule has 2 atom stereocenters. The molecule has 1 aromatic carbocycles. The number of aliphatic hydroxyl groups is 1. The van der Waals surface area contributed by atoms with Gasteiger partial charge in [-0.3, -0.25) is 0 Å². The molecule has 1 aliphatic rings. The van der Waals surface area contributed by atoms with Crippen LogP contribution in [0.1, 0.15) is 31.7 Å². The fraction of sp³-hybridized carbons (Fsp3) is 0.571. The second-order valence-electron chi connectivity index (χ2n) is 4.76. The fourth-order valence-corrected chi connectivity index (χ4v) is 2.73. The summed E-state index contributed by atoms with van der Waals surface area (Å²) in [5.41, 5.74) is 6.70. The lowest BCUT2D eigenvalue weighted by atomic mass is 9.70. The molecule has 3 N–H and O–H groups in total. The van der Waals surface area contributed by atoms with Crippen molar-refractivity contribution in [2.24, 2.45) is 5.73 Å². The quantitative estimate of drug-likeness (QED) is 0.837. The number of benzene rings is 1. The number of aliphatic hydroxyl groups excluding tert-OH is 1. The smallest absolute Gasteiger partial charge is 0.123 e. The van der Waals surface area contributed by atoms with Crippen molar-refractivity contribution in [3.05, 3.63) is 29.8 Å². The molecule has 0 fully saturated rings. The molecule has 1 aromatic rings. The van der Waals surface area contributed by atoms with Gasteiger partial charge in [0.05, 0.1) is 12.7 Å². The summed E-state index contributed by atoms with van der Waals surface area (Å²) < 4.78 is 5.64. The molecular formula is C14H21NO2. The number of para-hydroxylation sites is 1. The molecule has 2 unspecified atom stereocenters. The number of hydrogen-bond donors (Lipinski definition) is 2. The van der Waals surface area contributed by atoms with Crippen LogP contribution in [0.15, 0.2) is 24.3 Å². The summed E-state index contributed by atoms with van der Waals surface area (Å²) >= 11 is 0. The zero-order valence-corrected chi connectivity index (χ0v) is 10.4. The Balaban J connectivity index is 2.41. The Kier molecular flexibility index (Phi) is 3.69. The average Bonchev–Trinajstić information content (AvgIpc) is 2.38. The summed E-state index contributed by atoms with van der Waals surface area (Å²) in [6.07, 6.45) is 2.15. The molecule has 0 saturated carbocycles. The van der Waals surface area contributed by atoms with Crippen LogP contribution >= 0.6 is 0 Å². The Labute approximate surface area is 103 Å². The van der Waals surface area contributed by atoms with Crippen molar-refractivity contribution in [1.29, 1.82) is 0 Å². The van der Waals surface area contributed by atoms with E-state index in [2.05, 4.69) is 6.92 Å². The third kappa shape index (κ3) is 2.05. The third-order valence-electron chi connectivity index (χ3n) is 3.79. The summed E-state index contributed by atoms with van der Waals surface area (Å²) in [4.78, 5) is 0. The van der Waals surface area contributed by atoms with E-state index in [4.69, 9.17) is 10.5 Å². The standard InChI is InChI=1S/C14H21NO2/c1-2-5-13(16)14(10-15)8-9-17-12-7-4-3-6-11(12)14/h3-4,6-7,13,16H,2,5,8-10,15H2,1H3. The molecule has 0 radical (unpaired) electrons. The predicted octanol–water partition coefficient (Wildman–Crippen LogP) is 1.83. The van der Waals surface area contributed by atoms with Crippen molar-refractivity contribution >= 4 is 0 Å². The number of rotatable bonds is 4. The van der Waals surface area contributed by atoms with E-state index < -0.39 is 0 Å². The lowest BCUT2D eigenvalue weighted by molar-refractivity contribution is 0.0475. The van der Waals surface area contributed by atoms with Gasteiger partial charge in [-0.25, -0.2) is 0 Å². The first kappa shape index (κ1) is 12.4. The fourth-order valence-electron chi connectivity index (χ4n) is 2.73. The molecule has 0 aliphatic carbocycles. The Morgan fingerprint density at radius 2 is 2.24 bits per heavy atom. The molecule has 0 saturated heterocycles. The van der Waals surface area contributed by atoms with E-state index in [0.717, 1.165) is 30.6 Å². The first-order valence-electron chi connectivity index (χ1n) is 6.35. The lowest BCUT2D eigenvalue weighted by Crippen LogP contribution is -2.49. The summed E-state index contributed by atoms with van der Waals surface area (Å²) in [6.45, 7) is 3.18. The minimum atomic E-state index is -0.387. The van der Waals surface area contributed by atoms with E-state index in [1.807, 2.05) is 24.3 Å². The van der Waals surface area contributed by atoms with Crippen LogP contribution in [-0.4, -0.2) is 24.4 Å². The molecule has 0 aromatic heterocycles. The average molecular weight is 235 g/mol. The molecule has 3 nitrogen and oxygen atoms in total. The monoisotopic (exact) mass is 235 g/mol. The van der Waals surface area contributed by atoms with Gasteiger partial charge in [-0.2, -0.15) is 0 Å². The Bertz CT molecular complexity index is 380. The van der Waals surface area contributed by atoms with Crippen molar-refractivity contribution in [2.45, 2.75) is 37.7 Å². The van der Waals surface area contributed by atoms with Crippen molar-refractivity contribution in [3.63, 3.8) is 0 Å². The maximum atomic E-state index is 10.4. The van der Waals surface area contributed by atoms with Crippen LogP contribution in [0.5, 0.6) is 5.75 Å². The van der Waals surface area contributed by atoms with Crippen LogP contribution in [0.4, 0.5) is 0 Å². The maximum Gasteiger partial charge on any atom is 0.123 e. The Morgan fingerprint density at radius 3 is 2.94 bits per heavy atom. The van der Waals surface area contributed by atoms with Crippen molar-refractivity contribution in [1.82, 2.24) is 0 Å². The summed E-state index contributed by atoms with van der Waals surface area (Å²) in [6, 6.07) is 7.92. The normalized spacial score (nSPS) is 24.9. The van der Waals surface area contributed by atoms with Crippen molar-refractivity contribution in [2.75, 3.05) is 13.2 Å². The third-order valence-corrected chi connectivity index (χ3v) is 3.79. The van der Waals surface area contributed by atoms with Crippen molar-refractivity contribution in [3.8, 4) is 5.75 Å². The van der Waals surface area contributed by atoms with Gasteiger partial charge in [0.1, 0.15) is 5.75 Å². The van der Waals surface area contributed by atoms with Crippen LogP contribution in [0.3, 0.4) is 0 Å². The van der Waals surface area contributed by atoms with E-state index in [9.17, 15) is 5.11 Å². The number of hydrogen-bond acceptors (Lipinski definition) is 3. The minimum absolute atomic E-state index is 0.329. The van der Waals surface area contributed by atoms with Crippen LogP contribution in [0.2, 0.25) is 0 Å². The largest absolute Gasteiger partial charge is 0.493 e. The van der Waals surface area contributed by atoms with Gasteiger partial charge in [0, 0.05) is 17.5 Å². The molecular weight excluding hydrogens is 214 g/mol. The molecule has 17 heavy (non-hydrogen) atoms.